The highest BCUT2D eigenvalue weighted by atomic mass is 16.5. The normalized spacial score (nSPS) is 24.5. The lowest BCUT2D eigenvalue weighted by molar-refractivity contribution is -0.139. The van der Waals surface area contributed by atoms with Crippen LogP contribution in [0, 0.1) is 28.6 Å². The van der Waals surface area contributed by atoms with E-state index >= 15 is 0 Å². The van der Waals surface area contributed by atoms with Gasteiger partial charge in [0.05, 0.1) is 50.1 Å². The Bertz CT molecular complexity index is 2710. The van der Waals surface area contributed by atoms with Gasteiger partial charge in [-0.15, -0.1) is 0 Å². The molecule has 15 nitrogen and oxygen atoms in total. The predicted octanol–water partition coefficient (Wildman–Crippen LogP) is 9.16. The fourth-order valence-corrected chi connectivity index (χ4v) is 14.4. The molecule has 4 aromatic rings. The predicted molar refractivity (Wildman–Crippen MR) is 268 cm³/mol. The first kappa shape index (κ1) is 47.6. The Hall–Kier alpha value is -5.70. The van der Waals surface area contributed by atoms with Crippen molar-refractivity contribution in [1.29, 1.82) is 0 Å². The Kier molecular flexibility index (Phi) is 12.6. The van der Waals surface area contributed by atoms with Crippen molar-refractivity contribution in [2.45, 2.75) is 154 Å². The van der Waals surface area contributed by atoms with Crippen LogP contribution < -0.4 is 10.6 Å². The molecule has 71 heavy (non-hydrogen) atoms. The van der Waals surface area contributed by atoms with Crippen molar-refractivity contribution in [1.82, 2.24) is 40.4 Å². The van der Waals surface area contributed by atoms with E-state index in [4.69, 9.17) is 24.2 Å². The van der Waals surface area contributed by atoms with Gasteiger partial charge in [-0.25, -0.2) is 19.6 Å². The van der Waals surface area contributed by atoms with E-state index < -0.39 is 24.3 Å². The van der Waals surface area contributed by atoms with Crippen LogP contribution in [0.4, 0.5) is 9.59 Å². The molecule has 7 aliphatic rings. The Morgan fingerprint density at radius 2 is 1.17 bits per heavy atom. The standard InChI is InChI=1S/C56H72N8O7/c1-31(2)46(61-53(67)69-5)51(65)63-21-9-10-45(63)49-57-29-43(59-49)37-15-13-35(39-25-55(27-41(37)39)17-7-8-18-55)36-14-16-38(42-28-56(26-40(36)42)19-22-71-23-20-56)44-30-58-50(60-44)48-33-11-12-34(24-33)64(48)52(66)47(32(3)4)62-54(68)70-6/h13-16,29-34,45-48H,7-12,17-28H2,1-6H3,(H,57,59)(H,58,60)(H,61,67)(H,62,68)/t33?,34?,45-,46+,47+,48+/m1/s1. The number of aromatic amines is 2. The van der Waals surface area contributed by atoms with Gasteiger partial charge in [-0.1, -0.05) is 64.8 Å². The van der Waals surface area contributed by atoms with E-state index in [0.29, 0.717) is 12.5 Å². The van der Waals surface area contributed by atoms with Gasteiger partial charge in [-0.2, -0.15) is 0 Å². The second kappa shape index (κ2) is 18.7. The Morgan fingerprint density at radius 1 is 0.662 bits per heavy atom. The topological polar surface area (TPSA) is 184 Å². The molecule has 5 fully saturated rings. The number of hydrogen-bond donors (Lipinski definition) is 4. The molecular formula is C56H72N8O7. The van der Waals surface area contributed by atoms with Crippen molar-refractivity contribution in [3.8, 4) is 33.6 Å². The molecule has 2 saturated carbocycles. The first-order valence-electron chi connectivity index (χ1n) is 26.6. The molecule has 4 aliphatic carbocycles. The monoisotopic (exact) mass is 969 g/mol. The minimum Gasteiger partial charge on any atom is -0.453 e. The van der Waals surface area contributed by atoms with Gasteiger partial charge in [-0.05, 0) is 145 Å². The molecule has 378 valence electrons. The molecular weight excluding hydrogens is 897 g/mol. The first-order valence-corrected chi connectivity index (χ1v) is 26.6. The van der Waals surface area contributed by atoms with E-state index in [2.05, 4.69) is 44.9 Å². The highest BCUT2D eigenvalue weighted by molar-refractivity contribution is 5.88. The van der Waals surface area contributed by atoms with Crippen LogP contribution in [-0.2, 0) is 49.5 Å². The van der Waals surface area contributed by atoms with Gasteiger partial charge >= 0.3 is 12.2 Å². The lowest BCUT2D eigenvalue weighted by atomic mass is 9.77. The molecule has 3 aliphatic heterocycles. The van der Waals surface area contributed by atoms with Crippen LogP contribution in [0.5, 0.6) is 0 Å². The van der Waals surface area contributed by atoms with Crippen LogP contribution >= 0.6 is 0 Å². The van der Waals surface area contributed by atoms with Crippen LogP contribution in [0.15, 0.2) is 36.7 Å². The Balaban J connectivity index is 0.939. The zero-order chi connectivity index (χ0) is 49.3. The van der Waals surface area contributed by atoms with Gasteiger partial charge in [0.25, 0.3) is 0 Å². The number of hydrogen-bond acceptors (Lipinski definition) is 9. The number of piperidine rings is 1. The number of carbonyl (C=O) groups excluding carboxylic acids is 4. The van der Waals surface area contributed by atoms with E-state index in [1.165, 1.54) is 84.4 Å². The van der Waals surface area contributed by atoms with Crippen LogP contribution in [0.3, 0.4) is 0 Å². The SMILES string of the molecule is COC(=O)N[C@H](C(=O)N1CCC[C@@H]1c1ncc(-c2ccc(-c3ccc(-c4cnc([C@@H]5C6CCC(C6)N5C(=O)[C@@H](NC(=O)OC)C(C)C)[nH]4)c4c3CC3(CCOCC3)C4)c3c2CC2(CCCC2)C3)[nH]1)C(C)C. The van der Waals surface area contributed by atoms with E-state index in [1.54, 1.807) is 0 Å². The molecule has 2 spiro atoms. The van der Waals surface area contributed by atoms with E-state index in [0.717, 1.165) is 107 Å². The number of amides is 4. The maximum Gasteiger partial charge on any atom is 0.407 e. The summed E-state index contributed by atoms with van der Waals surface area (Å²) in [5.41, 5.74) is 13.1. The summed E-state index contributed by atoms with van der Waals surface area (Å²) in [6.07, 6.45) is 18.5. The van der Waals surface area contributed by atoms with Gasteiger partial charge in [0.15, 0.2) is 0 Å². The van der Waals surface area contributed by atoms with Crippen molar-refractivity contribution in [3.63, 3.8) is 0 Å². The van der Waals surface area contributed by atoms with Crippen molar-refractivity contribution < 1.29 is 33.4 Å². The maximum atomic E-state index is 14.4. The van der Waals surface area contributed by atoms with E-state index in [9.17, 15) is 19.2 Å². The van der Waals surface area contributed by atoms with Gasteiger partial charge in [0, 0.05) is 36.9 Å². The summed E-state index contributed by atoms with van der Waals surface area (Å²) in [6.45, 7) is 9.95. The number of benzene rings is 2. The van der Waals surface area contributed by atoms with Crippen molar-refractivity contribution in [3.05, 3.63) is 70.6 Å². The molecule has 0 radical (unpaired) electrons. The zero-order valence-corrected chi connectivity index (χ0v) is 42.5. The summed E-state index contributed by atoms with van der Waals surface area (Å²) in [7, 11) is 2.65. The number of likely N-dealkylation sites (tertiary alicyclic amines) is 2. The smallest absolute Gasteiger partial charge is 0.407 e. The summed E-state index contributed by atoms with van der Waals surface area (Å²) >= 11 is 0. The number of nitrogens with zero attached hydrogens (tertiary/aromatic N) is 4. The molecule has 6 atom stereocenters. The Morgan fingerprint density at radius 3 is 1.73 bits per heavy atom. The third kappa shape index (κ3) is 8.41. The van der Waals surface area contributed by atoms with Crippen molar-refractivity contribution >= 4 is 24.0 Å². The fourth-order valence-electron chi connectivity index (χ4n) is 14.4. The van der Waals surface area contributed by atoms with E-state index in [-0.39, 0.29) is 52.6 Å². The number of methoxy groups -OCH3 is 2. The molecule has 2 unspecified atom stereocenters. The van der Waals surface area contributed by atoms with Gasteiger partial charge in [0.1, 0.15) is 23.7 Å². The third-order valence-corrected chi connectivity index (χ3v) is 18.1. The molecule has 11 rings (SSSR count). The van der Waals surface area contributed by atoms with Gasteiger partial charge < -0.3 is 44.6 Å². The number of nitrogens with one attached hydrogen (secondary N) is 4. The third-order valence-electron chi connectivity index (χ3n) is 18.1. The highest BCUT2D eigenvalue weighted by Crippen LogP contribution is 2.56. The number of alkyl carbamates (subject to hydrolysis) is 2. The summed E-state index contributed by atoms with van der Waals surface area (Å²) in [5, 5.41) is 5.60. The molecule has 4 N–H and O–H groups in total. The number of ether oxygens (including phenoxy) is 3. The number of fused-ring (bicyclic) bond motifs is 4. The maximum absolute atomic E-state index is 14.4. The van der Waals surface area contributed by atoms with Crippen LogP contribution in [0.1, 0.15) is 144 Å². The Labute approximate surface area is 417 Å². The summed E-state index contributed by atoms with van der Waals surface area (Å²) in [6, 6.07) is 7.72. The molecule has 3 saturated heterocycles. The number of carbonyl (C=O) groups is 4. The first-order chi connectivity index (χ1) is 34.3. The van der Waals surface area contributed by atoms with Crippen molar-refractivity contribution in [2.24, 2.45) is 28.6 Å². The number of aromatic nitrogens is 4. The molecule has 2 aromatic heterocycles. The minimum absolute atomic E-state index is 0.0725. The molecule has 15 heteroatoms. The van der Waals surface area contributed by atoms with Gasteiger partial charge in [0.2, 0.25) is 11.8 Å². The molecule has 4 amide bonds. The average Bonchev–Trinajstić information content (AvgIpc) is 4.22. The zero-order valence-electron chi connectivity index (χ0n) is 42.5. The average molecular weight is 969 g/mol. The summed E-state index contributed by atoms with van der Waals surface area (Å²) in [5.74, 6) is 1.50. The quantitative estimate of drug-likeness (QED) is 0.114. The van der Waals surface area contributed by atoms with Crippen LogP contribution in [0.2, 0.25) is 0 Å². The molecule has 5 heterocycles. The van der Waals surface area contributed by atoms with Crippen LogP contribution in [0.25, 0.3) is 33.6 Å². The largest absolute Gasteiger partial charge is 0.453 e. The molecule has 2 bridgehead atoms. The summed E-state index contributed by atoms with van der Waals surface area (Å²) in [4.78, 5) is 74.5. The fraction of sp³-hybridized carbons (Fsp3) is 0.607. The highest BCUT2D eigenvalue weighted by Gasteiger charge is 2.52. The van der Waals surface area contributed by atoms with E-state index in [1.807, 2.05) is 49.9 Å². The number of H-pyrrole nitrogens is 2. The summed E-state index contributed by atoms with van der Waals surface area (Å²) < 4.78 is 15.8. The number of imidazole rings is 2. The minimum atomic E-state index is -0.693. The van der Waals surface area contributed by atoms with Gasteiger partial charge in [-0.3, -0.25) is 9.59 Å². The second-order valence-corrected chi connectivity index (χ2v) is 22.9. The molecule has 2 aromatic carbocycles. The van der Waals surface area contributed by atoms with Crippen LogP contribution in [-0.4, -0.2) is 106 Å². The van der Waals surface area contributed by atoms with Crippen molar-refractivity contribution in [2.75, 3.05) is 34.0 Å². The lowest BCUT2D eigenvalue weighted by Gasteiger charge is -2.37. The lowest BCUT2D eigenvalue weighted by Crippen LogP contribution is -2.54. The number of rotatable bonds is 11. The second-order valence-electron chi connectivity index (χ2n) is 22.9.